The fourth-order valence-electron chi connectivity index (χ4n) is 4.10. The molecule has 6 heteroatoms. The van der Waals surface area contributed by atoms with Crippen molar-refractivity contribution in [2.45, 2.75) is 111 Å². The Labute approximate surface area is 186 Å². The first-order valence-corrected chi connectivity index (χ1v) is 17.6. The Morgan fingerprint density at radius 3 is 1.60 bits per heavy atom. The minimum absolute atomic E-state index is 0.0392. The number of carbonyl (C=O) groups excluding carboxylic acids is 2. The zero-order valence-corrected chi connectivity index (χ0v) is 22.1. The van der Waals surface area contributed by atoms with Gasteiger partial charge >= 0.3 is 148 Å². The van der Waals surface area contributed by atoms with Crippen molar-refractivity contribution in [2.24, 2.45) is 5.92 Å². The molecule has 1 aliphatic rings. The molecule has 1 fully saturated rings. The normalized spacial score (nSPS) is 17.1. The van der Waals surface area contributed by atoms with Crippen molar-refractivity contribution < 1.29 is 37.7 Å². The molecule has 0 unspecified atom stereocenters. The van der Waals surface area contributed by atoms with Crippen LogP contribution >= 0.6 is 0 Å². The first kappa shape index (κ1) is 27.7. The van der Waals surface area contributed by atoms with Gasteiger partial charge in [0.25, 0.3) is 0 Å². The summed E-state index contributed by atoms with van der Waals surface area (Å²) in [5, 5.41) is 0. The molecule has 1 aliphatic heterocycles. The molecule has 0 aromatic carbocycles. The molecule has 0 aromatic heterocycles. The molecule has 0 atom stereocenters. The molecule has 5 nitrogen and oxygen atoms in total. The summed E-state index contributed by atoms with van der Waals surface area (Å²) in [6.45, 7) is 9.65. The molecule has 0 spiro atoms. The van der Waals surface area contributed by atoms with Crippen LogP contribution in [0.1, 0.15) is 111 Å². The van der Waals surface area contributed by atoms with E-state index in [4.69, 9.17) is 5.63 Å². The Balaban J connectivity index is 2.09. The van der Waals surface area contributed by atoms with E-state index in [1.54, 1.807) is 0 Å². The first-order valence-electron chi connectivity index (χ1n) is 12.1. The quantitative estimate of drug-likeness (QED) is 0.155. The molecule has 1 rings (SSSR count). The molecule has 174 valence electrons. The van der Waals surface area contributed by atoms with E-state index < -0.39 is 26.6 Å². The molecule has 0 aromatic rings. The van der Waals surface area contributed by atoms with E-state index in [2.05, 4.69) is 20.4 Å². The van der Waals surface area contributed by atoms with Gasteiger partial charge in [-0.25, -0.2) is 0 Å². The zero-order valence-electron chi connectivity index (χ0n) is 19.6. The number of carbonyl (C=O) groups is 2. The summed E-state index contributed by atoms with van der Waals surface area (Å²) >= 11 is -6.16. The zero-order chi connectivity index (χ0) is 22.5. The van der Waals surface area contributed by atoms with Gasteiger partial charge in [0.2, 0.25) is 0 Å². The van der Waals surface area contributed by atoms with E-state index in [-0.39, 0.29) is 25.2 Å². The van der Waals surface area contributed by atoms with E-state index in [0.29, 0.717) is 6.42 Å². The summed E-state index contributed by atoms with van der Waals surface area (Å²) in [4.78, 5) is 25.0. The van der Waals surface area contributed by atoms with Gasteiger partial charge in [-0.2, -0.15) is 0 Å². The fraction of sp³-hybridized carbons (Fsp3) is 0.833. The third-order valence-electron chi connectivity index (χ3n) is 6.01. The Morgan fingerprint density at radius 2 is 1.20 bits per heavy atom. The summed E-state index contributed by atoms with van der Waals surface area (Å²) in [6.07, 6.45) is 15.8. The fourth-order valence-corrected chi connectivity index (χ4v) is 11.9. The van der Waals surface area contributed by atoms with Gasteiger partial charge in [0, 0.05) is 0 Å². The van der Waals surface area contributed by atoms with E-state index >= 15 is 0 Å². The van der Waals surface area contributed by atoms with Gasteiger partial charge in [-0.05, 0) is 5.92 Å². The molecular weight excluding hydrogens is 459 g/mol. The number of hydrogen-bond donors (Lipinski definition) is 0. The van der Waals surface area contributed by atoms with Gasteiger partial charge in [-0.15, -0.1) is 0 Å². The van der Waals surface area contributed by atoms with Crippen LogP contribution in [0.5, 0.6) is 0 Å². The Kier molecular flexibility index (Phi) is 12.9. The molecule has 0 aliphatic carbocycles. The topological polar surface area (TPSA) is 69.7 Å². The van der Waals surface area contributed by atoms with Crippen molar-refractivity contribution in [1.82, 2.24) is 0 Å². The summed E-state index contributed by atoms with van der Waals surface area (Å²) in [5.74, 6) is 0.831. The maximum absolute atomic E-state index is 13.3. The molecule has 0 radical (unpaired) electrons. The summed E-state index contributed by atoms with van der Waals surface area (Å²) in [7, 11) is 0. The molecular formula is C24H44O5Zr. The maximum atomic E-state index is 13.3. The summed E-state index contributed by atoms with van der Waals surface area (Å²) < 4.78 is 22.4. The van der Waals surface area contributed by atoms with Crippen molar-refractivity contribution in [2.75, 3.05) is 13.2 Å². The Bertz CT molecular complexity index is 613. The molecule has 30 heavy (non-hydrogen) atoms. The van der Waals surface area contributed by atoms with Gasteiger partial charge in [0.15, 0.2) is 0 Å². The first-order chi connectivity index (χ1) is 14.2. The standard InChI is InChI=1S/C18H35O.C4H5O.C2H4O2.O.Zr/c1-18(2)16-14-12-10-8-6-4-3-5-7-9-11-13-15-17-19;1-4(2)3-5;3-1-2-4;;/h18H,3-16H2,1-2H3;1H2,2H3;1-2H2;;/q;;-2;;+2. The molecule has 1 heterocycles. The van der Waals surface area contributed by atoms with E-state index in [1.807, 2.05) is 0 Å². The van der Waals surface area contributed by atoms with Crippen LogP contribution in [0.2, 0.25) is 0 Å². The van der Waals surface area contributed by atoms with Crippen LogP contribution in [-0.2, 0) is 37.7 Å². The van der Waals surface area contributed by atoms with Crippen LogP contribution < -0.4 is 0 Å². The second-order valence-electron chi connectivity index (χ2n) is 9.39. The van der Waals surface area contributed by atoms with Crippen molar-refractivity contribution >= 4 is 6.98 Å². The van der Waals surface area contributed by atoms with Crippen LogP contribution in [0, 0.1) is 5.92 Å². The number of allylic oxidation sites excluding steroid dienone is 1. The second-order valence-corrected chi connectivity index (χ2v) is 18.2. The number of hydrogen-bond acceptors (Lipinski definition) is 5. The van der Waals surface area contributed by atoms with Gasteiger partial charge in [-0.3, -0.25) is 0 Å². The number of rotatable bonds is 18. The average molecular weight is 504 g/mol. The van der Waals surface area contributed by atoms with E-state index in [0.717, 1.165) is 25.2 Å². The predicted molar refractivity (Wildman–Crippen MR) is 117 cm³/mol. The average Bonchev–Trinajstić information content (AvgIpc) is 3.12. The van der Waals surface area contributed by atoms with Gasteiger partial charge in [0.1, 0.15) is 0 Å². The summed E-state index contributed by atoms with van der Waals surface area (Å²) in [5.41, 5.74) is 0.0708. The molecule has 0 amide bonds. The Morgan fingerprint density at radius 1 is 0.800 bits per heavy atom. The molecule has 0 bridgehead atoms. The monoisotopic (exact) mass is 502 g/mol. The van der Waals surface area contributed by atoms with Crippen molar-refractivity contribution in [3.63, 3.8) is 0 Å². The van der Waals surface area contributed by atoms with E-state index in [9.17, 15) is 12.4 Å². The van der Waals surface area contributed by atoms with Crippen molar-refractivity contribution in [1.29, 1.82) is 0 Å². The SMILES string of the molecule is C=C(C)[C](=O)[Zr]1(=[O])([C](=O)CCCCCCCCCCCCCCC(C)C)[O]CC[O]1. The number of unbranched alkanes of at least 4 members (excludes halogenated alkanes) is 11. The van der Waals surface area contributed by atoms with Crippen molar-refractivity contribution in [3.8, 4) is 0 Å². The van der Waals surface area contributed by atoms with Crippen LogP contribution in [-0.4, -0.2) is 20.2 Å². The molecule has 0 saturated carbocycles. The van der Waals surface area contributed by atoms with E-state index in [1.165, 1.54) is 64.7 Å². The molecule has 0 N–H and O–H groups in total. The molecule has 1 saturated heterocycles. The third-order valence-corrected chi connectivity index (χ3v) is 15.5. The van der Waals surface area contributed by atoms with Crippen molar-refractivity contribution in [3.05, 3.63) is 12.2 Å². The predicted octanol–water partition coefficient (Wildman–Crippen LogP) is 6.65. The van der Waals surface area contributed by atoms with Gasteiger partial charge in [-0.1, -0.05) is 33.1 Å². The van der Waals surface area contributed by atoms with Crippen LogP contribution in [0.15, 0.2) is 12.2 Å². The Hall–Kier alpha value is -0.317. The summed E-state index contributed by atoms with van der Waals surface area (Å²) in [6, 6.07) is 0. The van der Waals surface area contributed by atoms with Crippen LogP contribution in [0.25, 0.3) is 0 Å². The van der Waals surface area contributed by atoms with Crippen LogP contribution in [0.3, 0.4) is 0 Å². The third kappa shape index (κ3) is 8.67. The minimum atomic E-state index is -6.16. The van der Waals surface area contributed by atoms with Gasteiger partial charge in [0.05, 0.1) is 0 Å². The van der Waals surface area contributed by atoms with Gasteiger partial charge < -0.3 is 0 Å². The van der Waals surface area contributed by atoms with Crippen LogP contribution in [0.4, 0.5) is 0 Å². The second kappa shape index (κ2) is 14.0.